The van der Waals surface area contributed by atoms with E-state index in [0.29, 0.717) is 0 Å². The number of aromatic nitrogens is 2. The highest BCUT2D eigenvalue weighted by Gasteiger charge is 2.09. The van der Waals surface area contributed by atoms with E-state index in [0.717, 1.165) is 35.5 Å². The van der Waals surface area contributed by atoms with Crippen molar-refractivity contribution >= 4 is 17.6 Å². The highest BCUT2D eigenvalue weighted by molar-refractivity contribution is 7.99. The molecule has 0 aliphatic carbocycles. The molecule has 0 fully saturated rings. The van der Waals surface area contributed by atoms with Crippen molar-refractivity contribution in [3.05, 3.63) is 11.9 Å². The largest absolute Gasteiger partial charge is 0.370 e. The summed E-state index contributed by atoms with van der Waals surface area (Å²) in [6, 6.07) is 0. The van der Waals surface area contributed by atoms with E-state index in [1.54, 1.807) is 6.33 Å². The standard InChI is InChI=1S/C13H23N3S/c1-5-11-12(14-6-2)15-9-16-13(11)17-8-7-10(3)4/h9-10H,5-8H2,1-4H3,(H,14,15,16). The summed E-state index contributed by atoms with van der Waals surface area (Å²) in [6.07, 6.45) is 3.87. The number of rotatable bonds is 7. The fourth-order valence-electron chi connectivity index (χ4n) is 1.55. The van der Waals surface area contributed by atoms with E-state index in [9.17, 15) is 0 Å². The van der Waals surface area contributed by atoms with Gasteiger partial charge >= 0.3 is 0 Å². The minimum atomic E-state index is 0.752. The van der Waals surface area contributed by atoms with Crippen molar-refractivity contribution in [1.82, 2.24) is 9.97 Å². The number of nitrogens with one attached hydrogen (secondary N) is 1. The van der Waals surface area contributed by atoms with Gasteiger partial charge in [0.1, 0.15) is 17.2 Å². The lowest BCUT2D eigenvalue weighted by atomic mass is 10.2. The molecular formula is C13H23N3S. The first-order chi connectivity index (χ1) is 8.19. The average Bonchev–Trinajstić information content (AvgIpc) is 2.29. The van der Waals surface area contributed by atoms with Gasteiger partial charge in [-0.25, -0.2) is 9.97 Å². The molecule has 0 unspecified atom stereocenters. The molecule has 0 atom stereocenters. The van der Waals surface area contributed by atoms with Crippen LogP contribution in [0.5, 0.6) is 0 Å². The van der Waals surface area contributed by atoms with E-state index in [4.69, 9.17) is 0 Å². The van der Waals surface area contributed by atoms with Crippen molar-refractivity contribution in [2.24, 2.45) is 5.92 Å². The van der Waals surface area contributed by atoms with Gasteiger partial charge in [0.15, 0.2) is 0 Å². The van der Waals surface area contributed by atoms with Gasteiger partial charge in [-0.3, -0.25) is 0 Å². The quantitative estimate of drug-likeness (QED) is 0.595. The maximum atomic E-state index is 4.40. The first-order valence-electron chi connectivity index (χ1n) is 6.39. The number of anilines is 1. The lowest BCUT2D eigenvalue weighted by Crippen LogP contribution is -2.05. The van der Waals surface area contributed by atoms with Crippen molar-refractivity contribution < 1.29 is 0 Å². The Hall–Kier alpha value is -0.770. The Kier molecular flexibility index (Phi) is 6.34. The summed E-state index contributed by atoms with van der Waals surface area (Å²) in [5.41, 5.74) is 1.25. The zero-order valence-corrected chi connectivity index (χ0v) is 12.1. The topological polar surface area (TPSA) is 37.8 Å². The predicted octanol–water partition coefficient (Wildman–Crippen LogP) is 3.61. The predicted molar refractivity (Wildman–Crippen MR) is 75.8 cm³/mol. The molecule has 0 aliphatic heterocycles. The molecule has 0 aromatic carbocycles. The van der Waals surface area contributed by atoms with Gasteiger partial charge < -0.3 is 5.32 Å². The van der Waals surface area contributed by atoms with Gasteiger partial charge in [0.2, 0.25) is 0 Å². The van der Waals surface area contributed by atoms with Gasteiger partial charge in [0.05, 0.1) is 0 Å². The number of nitrogens with zero attached hydrogens (tertiary/aromatic N) is 2. The van der Waals surface area contributed by atoms with Gasteiger partial charge in [0, 0.05) is 12.1 Å². The Morgan fingerprint density at radius 1 is 1.29 bits per heavy atom. The molecule has 1 rings (SSSR count). The summed E-state index contributed by atoms with van der Waals surface area (Å²) < 4.78 is 0. The molecule has 0 radical (unpaired) electrons. The highest BCUT2D eigenvalue weighted by Crippen LogP contribution is 2.26. The zero-order valence-electron chi connectivity index (χ0n) is 11.3. The van der Waals surface area contributed by atoms with Gasteiger partial charge in [0.25, 0.3) is 0 Å². The minimum Gasteiger partial charge on any atom is -0.370 e. The molecule has 0 amide bonds. The van der Waals surface area contributed by atoms with Crippen LogP contribution in [0.1, 0.15) is 39.7 Å². The van der Waals surface area contributed by atoms with E-state index in [2.05, 4.69) is 43.0 Å². The second kappa shape index (κ2) is 7.54. The average molecular weight is 253 g/mol. The first-order valence-corrected chi connectivity index (χ1v) is 7.38. The minimum absolute atomic E-state index is 0.752. The Labute approximate surface area is 109 Å². The molecule has 0 bridgehead atoms. The maximum absolute atomic E-state index is 4.40. The van der Waals surface area contributed by atoms with Crippen molar-refractivity contribution in [2.45, 2.75) is 45.6 Å². The third kappa shape index (κ3) is 4.54. The maximum Gasteiger partial charge on any atom is 0.133 e. The Balaban J connectivity index is 2.73. The first kappa shape index (κ1) is 14.3. The second-order valence-corrected chi connectivity index (χ2v) is 5.50. The molecule has 0 spiro atoms. The van der Waals surface area contributed by atoms with Crippen LogP contribution < -0.4 is 5.32 Å². The fourth-order valence-corrected chi connectivity index (χ4v) is 2.87. The van der Waals surface area contributed by atoms with Crippen LogP contribution in [0.15, 0.2) is 11.4 Å². The zero-order chi connectivity index (χ0) is 12.7. The molecule has 1 aromatic rings. The van der Waals surface area contributed by atoms with Crippen LogP contribution in [0, 0.1) is 5.92 Å². The fraction of sp³-hybridized carbons (Fsp3) is 0.692. The van der Waals surface area contributed by atoms with Gasteiger partial charge in [-0.15, -0.1) is 11.8 Å². The number of thioether (sulfide) groups is 1. The van der Waals surface area contributed by atoms with Crippen molar-refractivity contribution in [1.29, 1.82) is 0 Å². The van der Waals surface area contributed by atoms with Gasteiger partial charge in [-0.1, -0.05) is 20.8 Å². The summed E-state index contributed by atoms with van der Waals surface area (Å²) in [6.45, 7) is 9.66. The Bertz CT molecular complexity index is 339. The second-order valence-electron chi connectivity index (χ2n) is 4.42. The van der Waals surface area contributed by atoms with Crippen molar-refractivity contribution in [2.75, 3.05) is 17.6 Å². The monoisotopic (exact) mass is 253 g/mol. The van der Waals surface area contributed by atoms with E-state index in [-0.39, 0.29) is 0 Å². The van der Waals surface area contributed by atoms with E-state index in [1.807, 2.05) is 11.8 Å². The molecule has 0 saturated carbocycles. The van der Waals surface area contributed by atoms with Crippen LogP contribution in [0.4, 0.5) is 5.82 Å². The van der Waals surface area contributed by atoms with Crippen LogP contribution in [-0.4, -0.2) is 22.3 Å². The molecule has 3 nitrogen and oxygen atoms in total. The smallest absolute Gasteiger partial charge is 0.133 e. The van der Waals surface area contributed by atoms with Crippen LogP contribution in [0.2, 0.25) is 0 Å². The Morgan fingerprint density at radius 2 is 2.06 bits per heavy atom. The Morgan fingerprint density at radius 3 is 2.65 bits per heavy atom. The molecule has 0 aliphatic rings. The summed E-state index contributed by atoms with van der Waals surface area (Å²) >= 11 is 1.85. The van der Waals surface area contributed by atoms with Crippen LogP contribution in [0.3, 0.4) is 0 Å². The van der Waals surface area contributed by atoms with E-state index < -0.39 is 0 Å². The molecule has 1 aromatic heterocycles. The summed E-state index contributed by atoms with van der Waals surface area (Å²) in [5.74, 6) is 2.88. The third-order valence-electron chi connectivity index (χ3n) is 2.54. The molecule has 1 heterocycles. The van der Waals surface area contributed by atoms with Crippen LogP contribution >= 0.6 is 11.8 Å². The third-order valence-corrected chi connectivity index (χ3v) is 3.60. The molecule has 96 valence electrons. The van der Waals surface area contributed by atoms with Gasteiger partial charge in [-0.05, 0) is 31.4 Å². The van der Waals surface area contributed by atoms with Crippen LogP contribution in [-0.2, 0) is 6.42 Å². The summed E-state index contributed by atoms with van der Waals surface area (Å²) in [4.78, 5) is 8.71. The van der Waals surface area contributed by atoms with Crippen molar-refractivity contribution in [3.63, 3.8) is 0 Å². The number of hydrogen-bond donors (Lipinski definition) is 1. The molecule has 4 heteroatoms. The molecule has 1 N–H and O–H groups in total. The van der Waals surface area contributed by atoms with Crippen LogP contribution in [0.25, 0.3) is 0 Å². The molecule has 17 heavy (non-hydrogen) atoms. The summed E-state index contributed by atoms with van der Waals surface area (Å²) in [7, 11) is 0. The lowest BCUT2D eigenvalue weighted by molar-refractivity contribution is 0.631. The lowest BCUT2D eigenvalue weighted by Gasteiger charge is -2.12. The normalized spacial score (nSPS) is 10.9. The van der Waals surface area contributed by atoms with Crippen molar-refractivity contribution in [3.8, 4) is 0 Å². The van der Waals surface area contributed by atoms with E-state index in [1.165, 1.54) is 12.0 Å². The number of hydrogen-bond acceptors (Lipinski definition) is 4. The van der Waals surface area contributed by atoms with Gasteiger partial charge in [-0.2, -0.15) is 0 Å². The highest BCUT2D eigenvalue weighted by atomic mass is 32.2. The summed E-state index contributed by atoms with van der Waals surface area (Å²) in [5, 5.41) is 4.44. The molecule has 0 saturated heterocycles. The van der Waals surface area contributed by atoms with E-state index >= 15 is 0 Å². The molecular weight excluding hydrogens is 230 g/mol. The SMILES string of the molecule is CCNc1ncnc(SCCC(C)C)c1CC.